The molecule has 6 rings (SSSR count). The maximum Gasteiger partial charge on any atom is 0.302 e. The summed E-state index contributed by atoms with van der Waals surface area (Å²) in [5.41, 5.74) is 15.8. The number of hydrogen-bond acceptors (Lipinski definition) is 12. The molecule has 8 N–H and O–H groups in total. The minimum atomic E-state index is -0.545. The molecule has 1 aliphatic heterocycles. The Morgan fingerprint density at radius 3 is 2.60 bits per heavy atom. The topological polar surface area (TPSA) is 217 Å². The third-order valence-electron chi connectivity index (χ3n) is 11.7. The van der Waals surface area contributed by atoms with Crippen LogP contribution >= 0.6 is 0 Å². The van der Waals surface area contributed by atoms with Gasteiger partial charge in [-0.3, -0.25) is 14.8 Å². The molecule has 0 bridgehead atoms. The Morgan fingerprint density at radius 1 is 0.935 bits per heavy atom. The number of nitrogens with one attached hydrogen (secondary N) is 1. The molecule has 6 atom stereocenters. The molecule has 14 nitrogen and oxygen atoms in total. The van der Waals surface area contributed by atoms with Crippen molar-refractivity contribution in [1.82, 2.24) is 15.3 Å². The predicted molar refractivity (Wildman–Crippen MR) is 238 cm³/mol. The van der Waals surface area contributed by atoms with Crippen LogP contribution in [0.5, 0.6) is 28.7 Å². The number of aromatic nitrogens is 2. The zero-order valence-electron chi connectivity index (χ0n) is 36.1. The lowest BCUT2D eigenvalue weighted by molar-refractivity contribution is -0.165. The van der Waals surface area contributed by atoms with E-state index in [2.05, 4.69) is 27.2 Å². The SMILES string of the molecule is CCCCC[C@H](Cc1ccc(O)c(O[C@H]2CCC[C@H](NC(N)=NCCCc3ccnc(N)c3)C2)c1)[C@H]1C[C@@H](OC(C)=O)C[C@@H](c2cc(O)c(O)c(OCCc3cccnc3)c2)O1. The van der Waals surface area contributed by atoms with E-state index in [1.807, 2.05) is 36.4 Å². The fourth-order valence-electron chi connectivity index (χ4n) is 8.61. The van der Waals surface area contributed by atoms with Crippen molar-refractivity contribution in [3.05, 3.63) is 95.4 Å². The smallest absolute Gasteiger partial charge is 0.302 e. The van der Waals surface area contributed by atoms with Crippen LogP contribution in [-0.2, 0) is 33.5 Å². The van der Waals surface area contributed by atoms with Crippen molar-refractivity contribution in [2.45, 2.75) is 134 Å². The molecule has 4 aromatic rings. The summed E-state index contributed by atoms with van der Waals surface area (Å²) in [5.74, 6) is 0.591. The minimum Gasteiger partial charge on any atom is -0.504 e. The number of nitrogens with zero attached hydrogens (tertiary/aromatic N) is 3. The van der Waals surface area contributed by atoms with Crippen LogP contribution in [0.25, 0.3) is 0 Å². The summed E-state index contributed by atoms with van der Waals surface area (Å²) < 4.78 is 25.2. The largest absolute Gasteiger partial charge is 0.504 e. The number of phenols is 3. The second-order valence-corrected chi connectivity index (χ2v) is 16.7. The van der Waals surface area contributed by atoms with Gasteiger partial charge in [-0.1, -0.05) is 38.3 Å². The number of phenolic OH excluding ortho intramolecular Hbond substituents is 3. The number of hydrogen-bond donors (Lipinski definition) is 6. The number of carbonyl (C=O) groups is 1. The highest BCUT2D eigenvalue weighted by atomic mass is 16.6. The molecule has 1 aliphatic carbocycles. The van der Waals surface area contributed by atoms with Crippen LogP contribution in [0.15, 0.2) is 78.2 Å². The van der Waals surface area contributed by atoms with Crippen molar-refractivity contribution in [3.8, 4) is 28.7 Å². The number of ether oxygens (including phenoxy) is 4. The fourth-order valence-corrected chi connectivity index (χ4v) is 8.61. The zero-order valence-corrected chi connectivity index (χ0v) is 36.1. The molecule has 1 saturated heterocycles. The number of rotatable bonds is 20. The molecule has 2 aliphatic rings. The Labute approximate surface area is 365 Å². The van der Waals surface area contributed by atoms with Gasteiger partial charge in [-0.05, 0) is 116 Å². The average molecular weight is 853 g/mol. The van der Waals surface area contributed by atoms with E-state index in [1.165, 1.54) is 13.0 Å². The van der Waals surface area contributed by atoms with Crippen LogP contribution in [0, 0.1) is 5.92 Å². The number of aliphatic imine (C=N–C) groups is 1. The van der Waals surface area contributed by atoms with Crippen LogP contribution < -0.4 is 26.3 Å². The molecular formula is C48H64N6O8. The Bertz CT molecular complexity index is 2070. The summed E-state index contributed by atoms with van der Waals surface area (Å²) >= 11 is 0. The van der Waals surface area contributed by atoms with Gasteiger partial charge in [-0.15, -0.1) is 0 Å². The molecule has 0 spiro atoms. The Balaban J connectivity index is 1.11. The lowest BCUT2D eigenvalue weighted by Crippen LogP contribution is -2.44. The van der Waals surface area contributed by atoms with Gasteiger partial charge >= 0.3 is 5.97 Å². The van der Waals surface area contributed by atoms with Crippen molar-refractivity contribution >= 4 is 17.7 Å². The molecule has 2 fully saturated rings. The standard InChI is InChI=1S/C48H64N6O8/c1-3-4-5-11-35(42-28-39(60-31(2)55)29-43(62-42)36-25-41(57)47(58)45(26-36)59-21-17-33-10-7-18-51-30-33)22-34-14-15-40(56)44(23-34)61-38-13-6-12-37(27-38)54-48(50)53-19-8-9-32-16-20-52-46(49)24-32/h7,10,14-16,18,20,23-26,30,35,37-39,42-43,56-58H,3-6,8-9,11-13,17,19,21-22,27-29H2,1-2H3,(H2,49,52)(H3,50,53,54)/t35-,37+,38+,39-,42-,43+/m1/s1. The first kappa shape index (κ1) is 45.8. The van der Waals surface area contributed by atoms with E-state index in [0.717, 1.165) is 80.9 Å². The maximum absolute atomic E-state index is 12.3. The van der Waals surface area contributed by atoms with E-state index in [4.69, 9.17) is 30.4 Å². The quantitative estimate of drug-likeness (QED) is 0.0166. The predicted octanol–water partition coefficient (Wildman–Crippen LogP) is 7.62. The first-order chi connectivity index (χ1) is 30.0. The molecule has 2 aromatic heterocycles. The Kier molecular flexibility index (Phi) is 16.9. The number of benzene rings is 2. The summed E-state index contributed by atoms with van der Waals surface area (Å²) in [4.78, 5) is 25.1. The third kappa shape index (κ3) is 13.9. The first-order valence-corrected chi connectivity index (χ1v) is 22.2. The number of esters is 1. The van der Waals surface area contributed by atoms with Crippen LogP contribution in [0.4, 0.5) is 5.82 Å². The monoisotopic (exact) mass is 852 g/mol. The molecule has 334 valence electrons. The summed E-state index contributed by atoms with van der Waals surface area (Å²) in [6, 6.07) is 16.5. The van der Waals surface area contributed by atoms with E-state index in [9.17, 15) is 20.1 Å². The van der Waals surface area contributed by atoms with Crippen LogP contribution in [0.2, 0.25) is 0 Å². The van der Waals surface area contributed by atoms with E-state index < -0.39 is 12.2 Å². The lowest BCUT2D eigenvalue weighted by Gasteiger charge is -2.39. The number of anilines is 1. The highest BCUT2D eigenvalue weighted by Crippen LogP contribution is 2.44. The summed E-state index contributed by atoms with van der Waals surface area (Å²) in [6.07, 6.45) is 15.0. The van der Waals surface area contributed by atoms with Gasteiger partial charge < -0.3 is 51.1 Å². The van der Waals surface area contributed by atoms with Crippen molar-refractivity contribution in [2.24, 2.45) is 16.6 Å². The van der Waals surface area contributed by atoms with Gasteiger partial charge in [-0.25, -0.2) is 4.98 Å². The number of carbonyl (C=O) groups excluding carboxylic acids is 1. The molecule has 0 amide bonds. The van der Waals surface area contributed by atoms with Crippen molar-refractivity contribution in [3.63, 3.8) is 0 Å². The number of nitrogen functional groups attached to an aromatic ring is 1. The maximum atomic E-state index is 12.3. The molecule has 1 saturated carbocycles. The lowest BCUT2D eigenvalue weighted by atomic mass is 9.83. The van der Waals surface area contributed by atoms with Gasteiger partial charge in [0.1, 0.15) is 18.0 Å². The number of guanidine groups is 1. The van der Waals surface area contributed by atoms with Crippen LogP contribution in [-0.4, -0.2) is 74.7 Å². The van der Waals surface area contributed by atoms with Crippen molar-refractivity contribution in [1.29, 1.82) is 0 Å². The molecule has 2 aromatic carbocycles. The number of aromatic hydroxyl groups is 3. The summed E-state index contributed by atoms with van der Waals surface area (Å²) in [7, 11) is 0. The molecule has 0 unspecified atom stereocenters. The molecule has 3 heterocycles. The van der Waals surface area contributed by atoms with Gasteiger partial charge in [0.05, 0.1) is 18.8 Å². The van der Waals surface area contributed by atoms with E-state index in [1.54, 1.807) is 30.7 Å². The summed E-state index contributed by atoms with van der Waals surface area (Å²) in [5, 5.41) is 35.9. The molecule has 14 heteroatoms. The number of unbranched alkanes of at least 4 members (excludes halogenated alkanes) is 2. The van der Waals surface area contributed by atoms with Gasteiger partial charge in [0.25, 0.3) is 0 Å². The molecule has 0 radical (unpaired) electrons. The third-order valence-corrected chi connectivity index (χ3v) is 11.7. The Morgan fingerprint density at radius 2 is 1.81 bits per heavy atom. The van der Waals surface area contributed by atoms with Gasteiger partial charge in [0, 0.05) is 63.8 Å². The number of pyridine rings is 2. The molecule has 62 heavy (non-hydrogen) atoms. The normalized spacial score (nSPS) is 20.9. The van der Waals surface area contributed by atoms with Gasteiger partial charge in [-0.2, -0.15) is 0 Å². The van der Waals surface area contributed by atoms with E-state index in [-0.39, 0.29) is 59.7 Å². The van der Waals surface area contributed by atoms with Crippen LogP contribution in [0.3, 0.4) is 0 Å². The van der Waals surface area contributed by atoms with E-state index >= 15 is 0 Å². The molecular weight excluding hydrogens is 789 g/mol. The second-order valence-electron chi connectivity index (χ2n) is 16.7. The van der Waals surface area contributed by atoms with Gasteiger partial charge in [0.2, 0.25) is 5.75 Å². The zero-order chi connectivity index (χ0) is 43.8. The van der Waals surface area contributed by atoms with Crippen molar-refractivity contribution in [2.75, 3.05) is 18.9 Å². The number of aryl methyl sites for hydroxylation is 1. The van der Waals surface area contributed by atoms with E-state index in [0.29, 0.717) is 55.3 Å². The second kappa shape index (κ2) is 22.9. The minimum absolute atomic E-state index is 0.0362. The highest BCUT2D eigenvalue weighted by molar-refractivity contribution is 5.78. The fraction of sp³-hybridized carbons (Fsp3) is 0.500. The summed E-state index contributed by atoms with van der Waals surface area (Å²) in [6.45, 7) is 4.44. The average Bonchev–Trinajstić information content (AvgIpc) is 3.25. The highest BCUT2D eigenvalue weighted by Gasteiger charge is 2.37. The van der Waals surface area contributed by atoms with Crippen LogP contribution in [0.1, 0.15) is 113 Å². The van der Waals surface area contributed by atoms with Gasteiger partial charge in [0.15, 0.2) is 29.0 Å². The van der Waals surface area contributed by atoms with Crippen molar-refractivity contribution < 1.29 is 39.1 Å². The number of nitrogens with two attached hydrogens (primary N) is 2. The Hall–Kier alpha value is -5.76. The first-order valence-electron chi connectivity index (χ1n) is 22.2.